The minimum absolute atomic E-state index is 0.00102. The molecule has 0 aliphatic heterocycles. The Bertz CT molecular complexity index is 373. The summed E-state index contributed by atoms with van der Waals surface area (Å²) >= 11 is 0. The van der Waals surface area contributed by atoms with Crippen LogP contribution in [0.3, 0.4) is 0 Å². The molecule has 19 heavy (non-hydrogen) atoms. The number of likely N-dealkylation sites (N-methyl/N-ethyl adjacent to an activating group) is 1. The Morgan fingerprint density at radius 2 is 1.63 bits per heavy atom. The van der Waals surface area contributed by atoms with Gasteiger partial charge in [0.05, 0.1) is 5.56 Å². The molecule has 1 atom stereocenters. The number of hydrogen-bond donors (Lipinski definition) is 2. The van der Waals surface area contributed by atoms with Gasteiger partial charge in [-0.15, -0.1) is 0 Å². The zero-order valence-corrected chi connectivity index (χ0v) is 12.4. The van der Waals surface area contributed by atoms with Gasteiger partial charge in [-0.1, -0.05) is 13.0 Å². The average molecular weight is 266 g/mol. The van der Waals surface area contributed by atoms with Gasteiger partial charge in [-0.2, -0.15) is 0 Å². The van der Waals surface area contributed by atoms with Crippen molar-refractivity contribution in [1.29, 1.82) is 0 Å². The van der Waals surface area contributed by atoms with E-state index in [1.54, 1.807) is 18.2 Å². The molecule has 0 amide bonds. The number of phenols is 2. The summed E-state index contributed by atoms with van der Waals surface area (Å²) in [6, 6.07) is 4.91. The molecule has 0 bridgehead atoms. The van der Waals surface area contributed by atoms with Crippen molar-refractivity contribution < 1.29 is 10.2 Å². The van der Waals surface area contributed by atoms with Crippen LogP contribution in [0.15, 0.2) is 18.2 Å². The molecule has 1 aromatic carbocycles. The van der Waals surface area contributed by atoms with E-state index < -0.39 is 0 Å². The van der Waals surface area contributed by atoms with E-state index in [-0.39, 0.29) is 17.5 Å². The normalized spacial score (nSPS) is 13.2. The molecule has 0 aliphatic carbocycles. The molecule has 0 aliphatic rings. The Morgan fingerprint density at radius 1 is 1.05 bits per heavy atom. The summed E-state index contributed by atoms with van der Waals surface area (Å²) in [5.41, 5.74) is 0.620. The van der Waals surface area contributed by atoms with Crippen LogP contribution in [0.2, 0.25) is 0 Å². The molecule has 0 aromatic heterocycles. The molecule has 1 unspecified atom stereocenters. The van der Waals surface area contributed by atoms with E-state index in [4.69, 9.17) is 0 Å². The number of rotatable bonds is 7. The van der Waals surface area contributed by atoms with Crippen LogP contribution in [-0.4, -0.2) is 53.7 Å². The number of nitrogens with zero attached hydrogens (tertiary/aromatic N) is 2. The smallest absolute Gasteiger partial charge is 0.124 e. The highest BCUT2D eigenvalue weighted by Crippen LogP contribution is 2.35. The maximum absolute atomic E-state index is 9.96. The summed E-state index contributed by atoms with van der Waals surface area (Å²) in [5.74, 6) is 0.330. The Balaban J connectivity index is 2.88. The monoisotopic (exact) mass is 266 g/mol. The number of hydrogen-bond acceptors (Lipinski definition) is 4. The van der Waals surface area contributed by atoms with Crippen molar-refractivity contribution in [2.24, 2.45) is 0 Å². The van der Waals surface area contributed by atoms with Crippen LogP contribution in [0.4, 0.5) is 0 Å². The fourth-order valence-electron chi connectivity index (χ4n) is 2.27. The van der Waals surface area contributed by atoms with E-state index in [2.05, 4.69) is 16.7 Å². The first kappa shape index (κ1) is 15.8. The molecule has 2 N–H and O–H groups in total. The predicted octanol–water partition coefficient (Wildman–Crippen LogP) is 2.43. The molecule has 4 heteroatoms. The van der Waals surface area contributed by atoms with E-state index in [0.29, 0.717) is 5.56 Å². The van der Waals surface area contributed by atoms with E-state index >= 15 is 0 Å². The third-order valence-corrected chi connectivity index (χ3v) is 3.37. The molecular formula is C15H26N2O2. The average Bonchev–Trinajstić information content (AvgIpc) is 2.33. The molecule has 0 heterocycles. The summed E-state index contributed by atoms with van der Waals surface area (Å²) in [5, 5.41) is 19.9. The summed E-state index contributed by atoms with van der Waals surface area (Å²) in [6.45, 7) is 6.98. The van der Waals surface area contributed by atoms with Gasteiger partial charge in [-0.3, -0.25) is 4.90 Å². The molecule has 0 radical (unpaired) electrons. The van der Waals surface area contributed by atoms with Crippen molar-refractivity contribution in [3.63, 3.8) is 0 Å². The first-order valence-electron chi connectivity index (χ1n) is 6.87. The molecule has 0 saturated heterocycles. The number of phenolic OH excluding ortho intramolecular Hbond substituents is 2. The molecule has 0 spiro atoms. The van der Waals surface area contributed by atoms with Crippen LogP contribution in [0.5, 0.6) is 11.5 Å². The van der Waals surface area contributed by atoms with E-state index in [1.807, 2.05) is 21.0 Å². The maximum atomic E-state index is 9.96. The third kappa shape index (κ3) is 4.40. The predicted molar refractivity (Wildman–Crippen MR) is 78.6 cm³/mol. The Kier molecular flexibility index (Phi) is 6.12. The second-order valence-corrected chi connectivity index (χ2v) is 5.23. The fourth-order valence-corrected chi connectivity index (χ4v) is 2.27. The highest BCUT2D eigenvalue weighted by molar-refractivity contribution is 5.44. The van der Waals surface area contributed by atoms with Crippen molar-refractivity contribution in [2.75, 3.05) is 33.7 Å². The summed E-state index contributed by atoms with van der Waals surface area (Å²) in [4.78, 5) is 4.43. The van der Waals surface area contributed by atoms with Gasteiger partial charge in [-0.25, -0.2) is 0 Å². The van der Waals surface area contributed by atoms with Gasteiger partial charge in [0.25, 0.3) is 0 Å². The highest BCUT2D eigenvalue weighted by Gasteiger charge is 2.21. The van der Waals surface area contributed by atoms with E-state index in [1.165, 1.54) is 0 Å². The second kappa shape index (κ2) is 7.36. The van der Waals surface area contributed by atoms with Crippen LogP contribution < -0.4 is 0 Å². The van der Waals surface area contributed by atoms with E-state index in [0.717, 1.165) is 26.1 Å². The van der Waals surface area contributed by atoms with Crippen molar-refractivity contribution in [1.82, 2.24) is 9.80 Å². The molecule has 4 nitrogen and oxygen atoms in total. The van der Waals surface area contributed by atoms with E-state index in [9.17, 15) is 10.2 Å². The van der Waals surface area contributed by atoms with Gasteiger partial charge in [0.1, 0.15) is 11.5 Å². The van der Waals surface area contributed by atoms with Gasteiger partial charge in [0, 0.05) is 19.1 Å². The lowest BCUT2D eigenvalue weighted by molar-refractivity contribution is 0.184. The van der Waals surface area contributed by atoms with Crippen LogP contribution in [0, 0.1) is 0 Å². The molecule has 1 aromatic rings. The van der Waals surface area contributed by atoms with Gasteiger partial charge >= 0.3 is 0 Å². The number of benzene rings is 1. The summed E-state index contributed by atoms with van der Waals surface area (Å²) in [6.07, 6.45) is 1.05. The standard InChI is InChI=1S/C15H26N2O2/c1-5-9-17(11-10-16(3)4)12(2)15-13(18)7-6-8-14(15)19/h6-8,12,18-19H,5,9-11H2,1-4H3. The van der Waals surface area contributed by atoms with Gasteiger partial charge in [0.2, 0.25) is 0 Å². The Morgan fingerprint density at radius 3 is 2.11 bits per heavy atom. The van der Waals surface area contributed by atoms with Crippen molar-refractivity contribution >= 4 is 0 Å². The SMILES string of the molecule is CCCN(CCN(C)C)C(C)c1c(O)cccc1O. The Labute approximate surface area is 116 Å². The van der Waals surface area contributed by atoms with Gasteiger partial charge in [-0.05, 0) is 46.1 Å². The lowest BCUT2D eigenvalue weighted by atomic mass is 10.0. The zero-order chi connectivity index (χ0) is 14.4. The van der Waals surface area contributed by atoms with Crippen LogP contribution in [0.1, 0.15) is 31.9 Å². The lowest BCUT2D eigenvalue weighted by Gasteiger charge is -2.30. The third-order valence-electron chi connectivity index (χ3n) is 3.37. The molecule has 1 rings (SSSR count). The summed E-state index contributed by atoms with van der Waals surface area (Å²) < 4.78 is 0. The van der Waals surface area contributed by atoms with Crippen LogP contribution >= 0.6 is 0 Å². The largest absolute Gasteiger partial charge is 0.507 e. The van der Waals surface area contributed by atoms with Crippen molar-refractivity contribution in [3.8, 4) is 11.5 Å². The van der Waals surface area contributed by atoms with Gasteiger partial charge in [0.15, 0.2) is 0 Å². The molecule has 0 fully saturated rings. The zero-order valence-electron chi connectivity index (χ0n) is 12.4. The van der Waals surface area contributed by atoms with Crippen molar-refractivity contribution in [3.05, 3.63) is 23.8 Å². The molecular weight excluding hydrogens is 240 g/mol. The highest BCUT2D eigenvalue weighted by atomic mass is 16.3. The van der Waals surface area contributed by atoms with Crippen LogP contribution in [0.25, 0.3) is 0 Å². The minimum Gasteiger partial charge on any atom is -0.507 e. The first-order valence-corrected chi connectivity index (χ1v) is 6.87. The molecule has 108 valence electrons. The topological polar surface area (TPSA) is 46.9 Å². The number of aromatic hydroxyl groups is 2. The van der Waals surface area contributed by atoms with Crippen LogP contribution in [-0.2, 0) is 0 Å². The fraction of sp³-hybridized carbons (Fsp3) is 0.600. The Hall–Kier alpha value is -1.26. The lowest BCUT2D eigenvalue weighted by Crippen LogP contribution is -2.34. The van der Waals surface area contributed by atoms with Crippen molar-refractivity contribution in [2.45, 2.75) is 26.3 Å². The second-order valence-electron chi connectivity index (χ2n) is 5.23. The quantitative estimate of drug-likeness (QED) is 0.796. The maximum Gasteiger partial charge on any atom is 0.124 e. The first-order chi connectivity index (χ1) is 8.97. The minimum atomic E-state index is 0.00102. The van der Waals surface area contributed by atoms with Gasteiger partial charge < -0.3 is 15.1 Å². The molecule has 0 saturated carbocycles. The summed E-state index contributed by atoms with van der Waals surface area (Å²) in [7, 11) is 4.10.